The van der Waals surface area contributed by atoms with Crippen LogP contribution in [0.4, 0.5) is 5.69 Å². The minimum atomic E-state index is 0.217. The van der Waals surface area contributed by atoms with Gasteiger partial charge in [-0.15, -0.1) is 0 Å². The Kier molecular flexibility index (Phi) is 10.6. The number of anilines is 1. The van der Waals surface area contributed by atoms with Crippen molar-refractivity contribution in [3.8, 4) is 0 Å². The van der Waals surface area contributed by atoms with E-state index in [0.717, 1.165) is 56.3 Å². The van der Waals surface area contributed by atoms with Gasteiger partial charge in [0.25, 0.3) is 0 Å². The van der Waals surface area contributed by atoms with E-state index in [1.807, 2.05) is 6.08 Å². The maximum atomic E-state index is 12.6. The van der Waals surface area contributed by atoms with E-state index in [9.17, 15) is 4.79 Å². The molecule has 0 saturated carbocycles. The first-order valence-corrected chi connectivity index (χ1v) is 15.1. The Bertz CT molecular complexity index is 1190. The highest BCUT2D eigenvalue weighted by Gasteiger charge is 2.32. The summed E-state index contributed by atoms with van der Waals surface area (Å²) >= 11 is 0. The summed E-state index contributed by atoms with van der Waals surface area (Å²) in [7, 11) is 0. The molecule has 2 aliphatic carbocycles. The summed E-state index contributed by atoms with van der Waals surface area (Å²) in [6, 6.07) is 17.9. The van der Waals surface area contributed by atoms with Gasteiger partial charge in [-0.05, 0) is 110 Å². The number of benzene rings is 2. The van der Waals surface area contributed by atoms with E-state index in [1.165, 1.54) is 47.2 Å². The molecular formula is C37H47NO. The minimum Gasteiger partial charge on any atom is -0.372 e. The van der Waals surface area contributed by atoms with Crippen molar-refractivity contribution in [2.75, 3.05) is 18.0 Å². The smallest absolute Gasteiger partial charge is 0.156 e. The van der Waals surface area contributed by atoms with E-state index in [-0.39, 0.29) is 11.7 Å². The number of fused-ring (bicyclic) bond motifs is 1. The van der Waals surface area contributed by atoms with Gasteiger partial charge in [-0.25, -0.2) is 0 Å². The molecule has 39 heavy (non-hydrogen) atoms. The molecule has 2 aliphatic rings. The molecule has 0 aromatic heterocycles. The summed E-state index contributed by atoms with van der Waals surface area (Å²) in [6.07, 6.45) is 17.7. The zero-order chi connectivity index (χ0) is 27.6. The predicted molar refractivity (Wildman–Crippen MR) is 167 cm³/mol. The van der Waals surface area contributed by atoms with E-state index >= 15 is 0 Å². The second kappa shape index (κ2) is 14.3. The fraction of sp³-hybridized carbons (Fsp3) is 0.432. The number of carbonyl (C=O) groups excluding carboxylic acids is 1. The van der Waals surface area contributed by atoms with Gasteiger partial charge in [0, 0.05) is 25.2 Å². The number of carbonyl (C=O) groups is 1. The molecule has 0 spiro atoms. The van der Waals surface area contributed by atoms with Crippen LogP contribution in [0.1, 0.15) is 76.0 Å². The fourth-order valence-corrected chi connectivity index (χ4v) is 6.13. The minimum absolute atomic E-state index is 0.217. The molecule has 1 atom stereocenters. The molecule has 2 nitrogen and oxygen atoms in total. The van der Waals surface area contributed by atoms with E-state index < -0.39 is 0 Å². The largest absolute Gasteiger partial charge is 0.372 e. The van der Waals surface area contributed by atoms with Gasteiger partial charge in [0.1, 0.15) is 0 Å². The Balaban J connectivity index is 1.32. The molecule has 2 aromatic carbocycles. The zero-order valence-electron chi connectivity index (χ0n) is 24.4. The van der Waals surface area contributed by atoms with Gasteiger partial charge in [-0.2, -0.15) is 0 Å². The lowest BCUT2D eigenvalue weighted by Crippen LogP contribution is -2.25. The Morgan fingerprint density at radius 3 is 2.33 bits per heavy atom. The van der Waals surface area contributed by atoms with Crippen LogP contribution >= 0.6 is 0 Å². The average Bonchev–Trinajstić information content (AvgIpc) is 3.32. The summed E-state index contributed by atoms with van der Waals surface area (Å²) in [4.78, 5) is 15.1. The molecule has 0 aliphatic heterocycles. The van der Waals surface area contributed by atoms with Crippen LogP contribution in [0.25, 0.3) is 0 Å². The van der Waals surface area contributed by atoms with Crippen LogP contribution in [0, 0.1) is 11.8 Å². The van der Waals surface area contributed by atoms with E-state index in [0.29, 0.717) is 12.3 Å². The van der Waals surface area contributed by atoms with Crippen molar-refractivity contribution in [2.45, 2.75) is 78.6 Å². The normalized spacial score (nSPS) is 19.0. The van der Waals surface area contributed by atoms with Gasteiger partial charge >= 0.3 is 0 Å². The number of unbranched alkanes of at least 4 members (excludes halogenated alkanes) is 1. The standard InChI is InChI=1S/C37H47NO/c1-5-7-24-38(23-6-2)35-20-17-30(18-21-35)16-15-28(3)11-10-14-31-19-22-36(39)27-37(29(31)4)34-25-32-12-8-9-13-33(32)26-34/h8-9,11-14,17-22,34,37H,4-7,10,15-16,23-27H2,1-3H3. The first-order chi connectivity index (χ1) is 19.0. The Hall–Kier alpha value is -3.13. The topological polar surface area (TPSA) is 20.3 Å². The number of ketones is 1. The average molecular weight is 522 g/mol. The summed E-state index contributed by atoms with van der Waals surface area (Å²) < 4.78 is 0. The number of hydrogen-bond acceptors (Lipinski definition) is 2. The molecule has 4 rings (SSSR count). The Labute approximate surface area is 237 Å². The molecule has 2 heteroatoms. The highest BCUT2D eigenvalue weighted by atomic mass is 16.1. The summed E-state index contributed by atoms with van der Waals surface area (Å²) in [6.45, 7) is 13.5. The van der Waals surface area contributed by atoms with Gasteiger partial charge in [-0.1, -0.05) is 87.0 Å². The van der Waals surface area contributed by atoms with Gasteiger partial charge < -0.3 is 4.90 Å². The number of hydrogen-bond donors (Lipinski definition) is 0. The zero-order valence-corrected chi connectivity index (χ0v) is 24.4. The van der Waals surface area contributed by atoms with Crippen LogP contribution < -0.4 is 4.90 Å². The van der Waals surface area contributed by atoms with Crippen molar-refractivity contribution in [2.24, 2.45) is 11.8 Å². The lowest BCUT2D eigenvalue weighted by atomic mass is 9.79. The van der Waals surface area contributed by atoms with Crippen molar-refractivity contribution < 1.29 is 4.79 Å². The SMILES string of the molecule is C=C1C(=CCC=C(C)CCc2ccc(N(CCC)CCCC)cc2)C=CC(=O)CC1C1Cc2ccccc2C1. The van der Waals surface area contributed by atoms with Crippen LogP contribution in [0.5, 0.6) is 0 Å². The quantitative estimate of drug-likeness (QED) is 0.260. The lowest BCUT2D eigenvalue weighted by molar-refractivity contribution is -0.115. The van der Waals surface area contributed by atoms with Gasteiger partial charge in [0.05, 0.1) is 0 Å². The van der Waals surface area contributed by atoms with Crippen molar-refractivity contribution >= 4 is 11.5 Å². The second-order valence-electron chi connectivity index (χ2n) is 11.5. The fourth-order valence-electron chi connectivity index (χ4n) is 6.13. The monoisotopic (exact) mass is 521 g/mol. The third-order valence-corrected chi connectivity index (χ3v) is 8.53. The molecule has 0 heterocycles. The molecule has 0 fully saturated rings. The van der Waals surface area contributed by atoms with Crippen LogP contribution in [0.2, 0.25) is 0 Å². The molecule has 0 amide bonds. The van der Waals surface area contributed by atoms with Crippen LogP contribution in [0.15, 0.2) is 96.1 Å². The number of aryl methyl sites for hydroxylation is 1. The second-order valence-corrected chi connectivity index (χ2v) is 11.5. The van der Waals surface area contributed by atoms with E-state index in [4.69, 9.17) is 0 Å². The molecule has 0 N–H and O–H groups in total. The van der Waals surface area contributed by atoms with Crippen molar-refractivity contribution in [3.05, 3.63) is 113 Å². The molecule has 0 bridgehead atoms. The molecule has 0 saturated heterocycles. The van der Waals surface area contributed by atoms with Gasteiger partial charge in [0.2, 0.25) is 0 Å². The Morgan fingerprint density at radius 2 is 1.67 bits per heavy atom. The summed E-state index contributed by atoms with van der Waals surface area (Å²) in [5.74, 6) is 0.905. The highest BCUT2D eigenvalue weighted by Crippen LogP contribution is 2.39. The van der Waals surface area contributed by atoms with Crippen molar-refractivity contribution in [3.63, 3.8) is 0 Å². The number of rotatable bonds is 12. The van der Waals surface area contributed by atoms with Crippen LogP contribution in [0.3, 0.4) is 0 Å². The third kappa shape index (κ3) is 7.94. The first kappa shape index (κ1) is 28.9. The molecule has 2 aromatic rings. The molecule has 0 radical (unpaired) electrons. The highest BCUT2D eigenvalue weighted by molar-refractivity contribution is 5.91. The maximum absolute atomic E-state index is 12.6. The third-order valence-electron chi connectivity index (χ3n) is 8.53. The predicted octanol–water partition coefficient (Wildman–Crippen LogP) is 9.01. The first-order valence-electron chi connectivity index (χ1n) is 15.1. The van der Waals surface area contributed by atoms with Gasteiger partial charge in [-0.3, -0.25) is 4.79 Å². The van der Waals surface area contributed by atoms with Crippen LogP contribution in [-0.2, 0) is 24.1 Å². The molecule has 206 valence electrons. The maximum Gasteiger partial charge on any atom is 0.156 e. The van der Waals surface area contributed by atoms with Gasteiger partial charge in [0.15, 0.2) is 5.78 Å². The summed E-state index contributed by atoms with van der Waals surface area (Å²) in [5, 5.41) is 0. The summed E-state index contributed by atoms with van der Waals surface area (Å²) in [5.41, 5.74) is 9.31. The van der Waals surface area contributed by atoms with E-state index in [2.05, 4.69) is 92.9 Å². The van der Waals surface area contributed by atoms with Crippen molar-refractivity contribution in [1.29, 1.82) is 0 Å². The number of nitrogens with zero attached hydrogens (tertiary/aromatic N) is 1. The van der Waals surface area contributed by atoms with E-state index in [1.54, 1.807) is 6.08 Å². The lowest BCUT2D eigenvalue weighted by Gasteiger charge is -2.24. The van der Waals surface area contributed by atoms with Crippen molar-refractivity contribution in [1.82, 2.24) is 0 Å². The molecular weight excluding hydrogens is 474 g/mol. The molecule has 1 unspecified atom stereocenters. The number of allylic oxidation sites excluding steroid dienone is 7. The Morgan fingerprint density at radius 1 is 0.949 bits per heavy atom. The van der Waals surface area contributed by atoms with Crippen LogP contribution in [-0.4, -0.2) is 18.9 Å².